The Morgan fingerprint density at radius 2 is 1.78 bits per heavy atom. The number of para-hydroxylation sites is 2. The van der Waals surface area contributed by atoms with Gasteiger partial charge in [0.1, 0.15) is 11.4 Å². The number of rotatable bonds is 6. The number of nitrogens with zero attached hydrogens (tertiary/aromatic N) is 2. The zero-order valence-corrected chi connectivity index (χ0v) is 18.9. The van der Waals surface area contributed by atoms with E-state index in [-0.39, 0.29) is 30.4 Å². The van der Waals surface area contributed by atoms with E-state index >= 15 is 0 Å². The van der Waals surface area contributed by atoms with Gasteiger partial charge in [-0.15, -0.1) is 0 Å². The molecule has 1 unspecified atom stereocenters. The number of piperidine rings is 1. The van der Waals surface area contributed by atoms with E-state index in [0.29, 0.717) is 35.8 Å². The zero-order valence-electron chi connectivity index (χ0n) is 18.9. The lowest BCUT2D eigenvalue weighted by Crippen LogP contribution is -2.40. The van der Waals surface area contributed by atoms with Crippen molar-refractivity contribution in [2.24, 2.45) is 5.92 Å². The average molecular weight is 435 g/mol. The number of ether oxygens (including phenoxy) is 1. The molecule has 6 heteroatoms. The number of aliphatic hydroxyl groups excluding tert-OH is 1. The standard InChI is InChI=1S/C26H30N2O4/c1-17(2)32-22-9-5-4-8-21(22)28-25(30)23(20-12-10-18(3)11-13-20)24(26(28)31)27-14-6-7-19(15-27)16-29/h4-5,8-13,17,19,29H,6-7,14-16H2,1-3H3. The third kappa shape index (κ3) is 4.15. The van der Waals surface area contributed by atoms with Gasteiger partial charge in [0.2, 0.25) is 0 Å². The number of aryl methyl sites for hydroxylation is 1. The number of imide groups is 1. The molecule has 1 saturated heterocycles. The normalized spacial score (nSPS) is 19.3. The first-order chi connectivity index (χ1) is 15.4. The fourth-order valence-corrected chi connectivity index (χ4v) is 4.42. The summed E-state index contributed by atoms with van der Waals surface area (Å²) in [5.41, 5.74) is 3.08. The first kappa shape index (κ1) is 22.1. The van der Waals surface area contributed by atoms with E-state index in [2.05, 4.69) is 0 Å². The second kappa shape index (κ2) is 9.17. The first-order valence-corrected chi connectivity index (χ1v) is 11.2. The van der Waals surface area contributed by atoms with Gasteiger partial charge in [0.25, 0.3) is 11.8 Å². The Morgan fingerprint density at radius 1 is 1.06 bits per heavy atom. The molecular weight excluding hydrogens is 404 g/mol. The molecule has 2 aromatic rings. The third-order valence-electron chi connectivity index (χ3n) is 5.96. The van der Waals surface area contributed by atoms with Crippen molar-refractivity contribution in [1.82, 2.24) is 4.90 Å². The Balaban J connectivity index is 1.81. The maximum absolute atomic E-state index is 13.8. The van der Waals surface area contributed by atoms with Gasteiger partial charge >= 0.3 is 0 Å². The van der Waals surface area contributed by atoms with Crippen LogP contribution in [0.1, 0.15) is 37.8 Å². The second-order valence-electron chi connectivity index (χ2n) is 8.81. The number of anilines is 1. The van der Waals surface area contributed by atoms with Gasteiger partial charge in [0, 0.05) is 19.7 Å². The van der Waals surface area contributed by atoms with Crippen molar-refractivity contribution in [3.8, 4) is 5.75 Å². The highest BCUT2D eigenvalue weighted by Gasteiger charge is 2.44. The summed E-state index contributed by atoms with van der Waals surface area (Å²) in [5, 5.41) is 9.71. The van der Waals surface area contributed by atoms with Gasteiger partial charge in [-0.1, -0.05) is 42.0 Å². The maximum atomic E-state index is 13.8. The molecule has 2 aliphatic rings. The highest BCUT2D eigenvalue weighted by atomic mass is 16.5. The van der Waals surface area contributed by atoms with E-state index < -0.39 is 0 Å². The highest BCUT2D eigenvalue weighted by Crippen LogP contribution is 2.39. The minimum absolute atomic E-state index is 0.0700. The Hall–Kier alpha value is -3.12. The Bertz CT molecular complexity index is 1040. The summed E-state index contributed by atoms with van der Waals surface area (Å²) >= 11 is 0. The summed E-state index contributed by atoms with van der Waals surface area (Å²) in [6.45, 7) is 7.11. The van der Waals surface area contributed by atoms with E-state index in [9.17, 15) is 14.7 Å². The predicted molar refractivity (Wildman–Crippen MR) is 124 cm³/mol. The molecule has 0 radical (unpaired) electrons. The van der Waals surface area contributed by atoms with Crippen molar-refractivity contribution in [3.05, 3.63) is 65.4 Å². The molecule has 0 saturated carbocycles. The first-order valence-electron chi connectivity index (χ1n) is 11.2. The maximum Gasteiger partial charge on any atom is 0.282 e. The number of hydrogen-bond acceptors (Lipinski definition) is 5. The van der Waals surface area contributed by atoms with Crippen LogP contribution in [-0.2, 0) is 9.59 Å². The van der Waals surface area contributed by atoms with Gasteiger partial charge in [0.15, 0.2) is 0 Å². The summed E-state index contributed by atoms with van der Waals surface area (Å²) in [5.74, 6) is -0.103. The zero-order chi connectivity index (χ0) is 22.8. The van der Waals surface area contributed by atoms with Crippen molar-refractivity contribution < 1.29 is 19.4 Å². The van der Waals surface area contributed by atoms with Crippen LogP contribution in [0.4, 0.5) is 5.69 Å². The van der Waals surface area contributed by atoms with Gasteiger partial charge in [0.05, 0.1) is 17.4 Å². The van der Waals surface area contributed by atoms with Crippen LogP contribution in [0.5, 0.6) is 5.75 Å². The molecule has 1 N–H and O–H groups in total. The number of hydrogen-bond donors (Lipinski definition) is 1. The number of aliphatic hydroxyl groups is 1. The van der Waals surface area contributed by atoms with Crippen LogP contribution in [0, 0.1) is 12.8 Å². The topological polar surface area (TPSA) is 70.1 Å². The highest BCUT2D eigenvalue weighted by molar-refractivity contribution is 6.45. The smallest absolute Gasteiger partial charge is 0.282 e. The molecule has 1 atom stereocenters. The SMILES string of the molecule is Cc1ccc(C2=C(N3CCCC(CO)C3)C(=O)N(c3ccccc3OC(C)C)C2=O)cc1. The summed E-state index contributed by atoms with van der Waals surface area (Å²) in [7, 11) is 0. The van der Waals surface area contributed by atoms with Gasteiger partial charge in [-0.2, -0.15) is 0 Å². The minimum atomic E-state index is -0.347. The number of likely N-dealkylation sites (tertiary alicyclic amines) is 1. The molecule has 0 aromatic heterocycles. The molecule has 2 amide bonds. The monoisotopic (exact) mass is 434 g/mol. The van der Waals surface area contributed by atoms with Crippen molar-refractivity contribution in [3.63, 3.8) is 0 Å². The van der Waals surface area contributed by atoms with Crippen LogP contribution >= 0.6 is 0 Å². The van der Waals surface area contributed by atoms with Gasteiger partial charge in [-0.3, -0.25) is 9.59 Å². The molecule has 0 spiro atoms. The van der Waals surface area contributed by atoms with Crippen LogP contribution in [0.3, 0.4) is 0 Å². The van der Waals surface area contributed by atoms with Gasteiger partial charge in [-0.25, -0.2) is 4.90 Å². The quantitative estimate of drug-likeness (QED) is 0.701. The van der Waals surface area contributed by atoms with E-state index in [0.717, 1.165) is 24.0 Å². The number of carbonyl (C=O) groups is 2. The molecule has 0 aliphatic carbocycles. The van der Waals surface area contributed by atoms with Crippen molar-refractivity contribution in [1.29, 1.82) is 0 Å². The second-order valence-corrected chi connectivity index (χ2v) is 8.81. The van der Waals surface area contributed by atoms with E-state index in [1.165, 1.54) is 4.90 Å². The molecule has 2 heterocycles. The largest absolute Gasteiger partial charge is 0.489 e. The Labute approximate surface area is 189 Å². The molecule has 2 aliphatic heterocycles. The molecular formula is C26H30N2O4. The van der Waals surface area contributed by atoms with E-state index in [1.54, 1.807) is 18.2 Å². The Morgan fingerprint density at radius 3 is 2.47 bits per heavy atom. The van der Waals surface area contributed by atoms with E-state index in [1.807, 2.05) is 56.0 Å². The lowest BCUT2D eigenvalue weighted by molar-refractivity contribution is -0.121. The Kier molecular flexibility index (Phi) is 6.33. The third-order valence-corrected chi connectivity index (χ3v) is 5.96. The van der Waals surface area contributed by atoms with Crippen LogP contribution in [0.25, 0.3) is 5.57 Å². The van der Waals surface area contributed by atoms with Crippen LogP contribution < -0.4 is 9.64 Å². The molecule has 6 nitrogen and oxygen atoms in total. The molecule has 1 fully saturated rings. The van der Waals surface area contributed by atoms with Crippen molar-refractivity contribution in [2.75, 3.05) is 24.6 Å². The lowest BCUT2D eigenvalue weighted by Gasteiger charge is -2.34. The van der Waals surface area contributed by atoms with Crippen molar-refractivity contribution >= 4 is 23.1 Å². The molecule has 32 heavy (non-hydrogen) atoms. The van der Waals surface area contributed by atoms with Gasteiger partial charge in [-0.05, 0) is 57.2 Å². The van der Waals surface area contributed by atoms with Crippen LogP contribution in [0.2, 0.25) is 0 Å². The summed E-state index contributed by atoms with van der Waals surface area (Å²) in [6, 6.07) is 14.8. The summed E-state index contributed by atoms with van der Waals surface area (Å²) in [6.07, 6.45) is 1.68. The molecule has 0 bridgehead atoms. The van der Waals surface area contributed by atoms with Gasteiger partial charge < -0.3 is 14.7 Å². The van der Waals surface area contributed by atoms with Crippen LogP contribution in [-0.4, -0.2) is 47.6 Å². The lowest BCUT2D eigenvalue weighted by atomic mass is 9.96. The van der Waals surface area contributed by atoms with Crippen LogP contribution in [0.15, 0.2) is 54.2 Å². The number of amides is 2. The van der Waals surface area contributed by atoms with Crippen molar-refractivity contribution in [2.45, 2.75) is 39.7 Å². The molecule has 2 aromatic carbocycles. The average Bonchev–Trinajstić information content (AvgIpc) is 3.04. The predicted octanol–water partition coefficient (Wildman–Crippen LogP) is 3.77. The molecule has 168 valence electrons. The minimum Gasteiger partial charge on any atom is -0.489 e. The number of benzene rings is 2. The van der Waals surface area contributed by atoms with E-state index in [4.69, 9.17) is 4.74 Å². The fourth-order valence-electron chi connectivity index (χ4n) is 4.42. The molecule has 4 rings (SSSR count). The number of carbonyl (C=O) groups excluding carboxylic acids is 2. The summed E-state index contributed by atoms with van der Waals surface area (Å²) < 4.78 is 5.91. The fraction of sp³-hybridized carbons (Fsp3) is 0.385. The summed E-state index contributed by atoms with van der Waals surface area (Å²) in [4.78, 5) is 30.8.